The van der Waals surface area contributed by atoms with Crippen molar-refractivity contribution in [2.24, 2.45) is 0 Å². The highest BCUT2D eigenvalue weighted by Gasteiger charge is 2.27. The number of benzene rings is 1. The Morgan fingerprint density at radius 1 is 1.00 bits per heavy atom. The number of nitrogens with one attached hydrogen (secondary N) is 1. The first-order valence-electron chi connectivity index (χ1n) is 13.2. The molecule has 12 heteroatoms. The van der Waals surface area contributed by atoms with Gasteiger partial charge in [-0.05, 0) is 19.8 Å². The molecule has 0 atom stereocenters. The molecule has 5 heterocycles. The molecule has 6 rings (SSSR count). The van der Waals surface area contributed by atoms with Gasteiger partial charge >= 0.3 is 0 Å². The number of amides is 1. The summed E-state index contributed by atoms with van der Waals surface area (Å²) in [5, 5.41) is 3.53. The van der Waals surface area contributed by atoms with Crippen LogP contribution in [0.25, 0.3) is 22.0 Å². The van der Waals surface area contributed by atoms with Crippen molar-refractivity contribution >= 4 is 45.8 Å². The van der Waals surface area contributed by atoms with Crippen LogP contribution in [0.2, 0.25) is 0 Å². The predicted octanol–water partition coefficient (Wildman–Crippen LogP) is 4.35. The van der Waals surface area contributed by atoms with Gasteiger partial charge in [0, 0.05) is 79.5 Å². The molecule has 0 radical (unpaired) electrons. The lowest BCUT2D eigenvalue weighted by molar-refractivity contribution is -0.119. The number of pyridine rings is 2. The normalized spacial score (nSPS) is 16.0. The Labute approximate surface area is 229 Å². The van der Waals surface area contributed by atoms with Crippen molar-refractivity contribution in [2.45, 2.75) is 26.2 Å². The van der Waals surface area contributed by atoms with Gasteiger partial charge in [0.25, 0.3) is 0 Å². The number of ether oxygens (including phenoxy) is 1. The van der Waals surface area contributed by atoms with Crippen LogP contribution in [0, 0.1) is 18.6 Å². The zero-order chi connectivity index (χ0) is 27.8. The molecule has 2 saturated heterocycles. The standard InChI is InChI=1S/C28H28F2N8O2/c1-16-26(25-20(30)10-18(29)11-22(25)36-27(16)38-5-3-2-4-24(38)39)35-21-12-23(37-6-8-40-9-7-37)32-15-19(21)17-13-33-28(31)34-14-17/h10-15H,2-9H2,1H3,(H2,31,33,34)(H,32,35,36). The van der Waals surface area contributed by atoms with Crippen LogP contribution in [-0.4, -0.2) is 58.7 Å². The first-order valence-corrected chi connectivity index (χ1v) is 13.2. The number of anilines is 5. The lowest BCUT2D eigenvalue weighted by atomic mass is 10.0. The molecule has 2 aliphatic rings. The van der Waals surface area contributed by atoms with Crippen LogP contribution < -0.4 is 20.9 Å². The molecule has 10 nitrogen and oxygen atoms in total. The van der Waals surface area contributed by atoms with Gasteiger partial charge in [0.1, 0.15) is 23.3 Å². The number of nitrogens with zero attached hydrogens (tertiary/aromatic N) is 6. The van der Waals surface area contributed by atoms with E-state index in [4.69, 9.17) is 10.5 Å². The molecule has 1 aromatic carbocycles. The van der Waals surface area contributed by atoms with E-state index < -0.39 is 11.6 Å². The van der Waals surface area contributed by atoms with E-state index in [9.17, 15) is 9.18 Å². The number of morpholine rings is 1. The molecule has 1 amide bonds. The Bertz CT molecular complexity index is 1590. The SMILES string of the molecule is Cc1c(N2CCCCC2=O)nc2cc(F)cc(F)c2c1Nc1cc(N2CCOCC2)ncc1-c1cnc(N)nc1. The maximum atomic E-state index is 15.4. The third kappa shape index (κ3) is 4.86. The summed E-state index contributed by atoms with van der Waals surface area (Å²) < 4.78 is 35.3. The van der Waals surface area contributed by atoms with Crippen molar-refractivity contribution in [3.63, 3.8) is 0 Å². The largest absolute Gasteiger partial charge is 0.378 e. The maximum absolute atomic E-state index is 15.4. The highest BCUT2D eigenvalue weighted by Crippen LogP contribution is 2.40. The average Bonchev–Trinajstić information content (AvgIpc) is 2.95. The van der Waals surface area contributed by atoms with Crippen LogP contribution in [0.1, 0.15) is 24.8 Å². The molecule has 2 fully saturated rings. The molecule has 3 aromatic heterocycles. The highest BCUT2D eigenvalue weighted by molar-refractivity contribution is 6.02. The number of hydrogen-bond donors (Lipinski definition) is 2. The Hall–Kier alpha value is -4.45. The fourth-order valence-electron chi connectivity index (χ4n) is 5.20. The van der Waals surface area contributed by atoms with Gasteiger partial charge in [-0.3, -0.25) is 9.69 Å². The second kappa shape index (κ2) is 10.6. The summed E-state index contributed by atoms with van der Waals surface area (Å²) >= 11 is 0. The van der Waals surface area contributed by atoms with Crippen molar-refractivity contribution in [2.75, 3.05) is 53.7 Å². The molecular formula is C28H28F2N8O2. The number of halogens is 2. The summed E-state index contributed by atoms with van der Waals surface area (Å²) in [6.45, 7) is 4.77. The number of piperidine rings is 1. The third-order valence-electron chi connectivity index (χ3n) is 7.27. The van der Waals surface area contributed by atoms with Gasteiger partial charge in [0.2, 0.25) is 11.9 Å². The Kier molecular flexibility index (Phi) is 6.84. The van der Waals surface area contributed by atoms with Gasteiger partial charge < -0.3 is 20.7 Å². The minimum atomic E-state index is -0.760. The molecular weight excluding hydrogens is 518 g/mol. The lowest BCUT2D eigenvalue weighted by Crippen LogP contribution is -2.36. The summed E-state index contributed by atoms with van der Waals surface area (Å²) in [5.41, 5.74) is 8.67. The Balaban J connectivity index is 1.54. The van der Waals surface area contributed by atoms with E-state index in [-0.39, 0.29) is 22.8 Å². The predicted molar refractivity (Wildman–Crippen MR) is 149 cm³/mol. The van der Waals surface area contributed by atoms with E-state index in [1.54, 1.807) is 30.4 Å². The topological polar surface area (TPSA) is 122 Å². The number of aromatic nitrogens is 4. The lowest BCUT2D eigenvalue weighted by Gasteiger charge is -2.30. The summed E-state index contributed by atoms with van der Waals surface area (Å²) in [5.74, 6) is -0.357. The molecule has 0 aliphatic carbocycles. The molecule has 0 spiro atoms. The monoisotopic (exact) mass is 546 g/mol. The van der Waals surface area contributed by atoms with Crippen molar-refractivity contribution in [3.05, 3.63) is 54.0 Å². The molecule has 4 aromatic rings. The van der Waals surface area contributed by atoms with Crippen LogP contribution in [-0.2, 0) is 9.53 Å². The van der Waals surface area contributed by atoms with E-state index in [1.807, 2.05) is 6.07 Å². The highest BCUT2D eigenvalue weighted by atomic mass is 19.1. The average molecular weight is 547 g/mol. The first-order chi connectivity index (χ1) is 19.4. The molecule has 0 unspecified atom stereocenters. The Morgan fingerprint density at radius 3 is 2.52 bits per heavy atom. The molecule has 0 bridgehead atoms. The number of nitrogens with two attached hydrogens (primary N) is 1. The summed E-state index contributed by atoms with van der Waals surface area (Å²) in [6, 6.07) is 3.89. The molecule has 40 heavy (non-hydrogen) atoms. The second-order valence-corrected chi connectivity index (χ2v) is 9.86. The van der Waals surface area contributed by atoms with Gasteiger partial charge in [0.15, 0.2) is 0 Å². The number of rotatable bonds is 5. The summed E-state index contributed by atoms with van der Waals surface area (Å²) in [4.78, 5) is 34.0. The van der Waals surface area contributed by atoms with Crippen LogP contribution in [0.3, 0.4) is 0 Å². The van der Waals surface area contributed by atoms with Gasteiger partial charge in [-0.1, -0.05) is 0 Å². The number of carbonyl (C=O) groups is 1. The van der Waals surface area contributed by atoms with Gasteiger partial charge in [-0.15, -0.1) is 0 Å². The zero-order valence-electron chi connectivity index (χ0n) is 22.0. The van der Waals surface area contributed by atoms with Crippen molar-refractivity contribution in [1.82, 2.24) is 19.9 Å². The van der Waals surface area contributed by atoms with Crippen LogP contribution in [0.15, 0.2) is 36.8 Å². The van der Waals surface area contributed by atoms with E-state index in [1.165, 1.54) is 6.07 Å². The second-order valence-electron chi connectivity index (χ2n) is 9.86. The molecule has 3 N–H and O–H groups in total. The van der Waals surface area contributed by atoms with Gasteiger partial charge in [0.05, 0.1) is 35.5 Å². The van der Waals surface area contributed by atoms with Crippen molar-refractivity contribution < 1.29 is 18.3 Å². The number of carbonyl (C=O) groups excluding carboxylic acids is 1. The molecule has 2 aliphatic heterocycles. The smallest absolute Gasteiger partial charge is 0.228 e. The number of hydrogen-bond acceptors (Lipinski definition) is 9. The minimum absolute atomic E-state index is 0.0674. The van der Waals surface area contributed by atoms with Crippen molar-refractivity contribution in [3.8, 4) is 11.1 Å². The fraction of sp³-hybridized carbons (Fsp3) is 0.321. The van der Waals surface area contributed by atoms with E-state index in [0.717, 1.165) is 18.9 Å². The Morgan fingerprint density at radius 2 is 1.77 bits per heavy atom. The van der Waals surface area contributed by atoms with Crippen LogP contribution in [0.4, 0.5) is 37.7 Å². The van der Waals surface area contributed by atoms with Crippen LogP contribution >= 0.6 is 0 Å². The van der Waals surface area contributed by atoms with E-state index in [2.05, 4.69) is 30.2 Å². The number of fused-ring (bicyclic) bond motifs is 1. The minimum Gasteiger partial charge on any atom is -0.378 e. The zero-order valence-corrected chi connectivity index (χ0v) is 22.0. The molecule has 206 valence electrons. The quantitative estimate of drug-likeness (QED) is 0.376. The van der Waals surface area contributed by atoms with E-state index >= 15 is 4.39 Å². The third-order valence-corrected chi connectivity index (χ3v) is 7.27. The van der Waals surface area contributed by atoms with Crippen LogP contribution in [0.5, 0.6) is 0 Å². The van der Waals surface area contributed by atoms with Crippen molar-refractivity contribution in [1.29, 1.82) is 0 Å². The summed E-state index contributed by atoms with van der Waals surface area (Å²) in [7, 11) is 0. The fourth-order valence-corrected chi connectivity index (χ4v) is 5.20. The molecule has 0 saturated carbocycles. The van der Waals surface area contributed by atoms with Gasteiger partial charge in [-0.25, -0.2) is 28.7 Å². The van der Waals surface area contributed by atoms with Gasteiger partial charge in [-0.2, -0.15) is 0 Å². The maximum Gasteiger partial charge on any atom is 0.228 e. The summed E-state index contributed by atoms with van der Waals surface area (Å²) in [6.07, 6.45) is 6.89. The van der Waals surface area contributed by atoms with E-state index in [0.29, 0.717) is 79.0 Å². The first kappa shape index (κ1) is 25.8. The number of nitrogen functional groups attached to an aromatic ring is 1.